The molecule has 0 spiro atoms. The normalized spacial score (nSPS) is 14.6. The molecule has 54 heteroatoms. The van der Waals surface area contributed by atoms with Gasteiger partial charge in [0, 0.05) is 69.4 Å². The Hall–Kier alpha value is -12.3. The molecule has 0 aromatic rings. The Bertz CT molecular complexity index is 3710. The smallest absolute Gasteiger partial charge is 0.326 e. The molecule has 0 aliphatic carbocycles. The van der Waals surface area contributed by atoms with E-state index in [1.165, 1.54) is 13.8 Å². The number of guanidine groups is 1. The van der Waals surface area contributed by atoms with Crippen molar-refractivity contribution in [2.24, 2.45) is 28.9 Å². The van der Waals surface area contributed by atoms with E-state index in [1.54, 1.807) is 0 Å². The molecule has 0 saturated carbocycles. The number of aliphatic hydroxyl groups is 2. The lowest BCUT2D eigenvalue weighted by molar-refractivity contribution is -0.143. The van der Waals surface area contributed by atoms with E-state index in [0.29, 0.717) is 0 Å². The van der Waals surface area contributed by atoms with Crippen molar-refractivity contribution in [3.05, 3.63) is 0 Å². The molecule has 680 valence electrons. The van der Waals surface area contributed by atoms with Crippen LogP contribution in [-0.2, 0) is 110 Å². The van der Waals surface area contributed by atoms with Crippen molar-refractivity contribution in [3.63, 3.8) is 0 Å². The van der Waals surface area contributed by atoms with Crippen molar-refractivity contribution >= 4 is 168 Å². The molecule has 0 fully saturated rings. The number of primary amides is 2. The van der Waals surface area contributed by atoms with Gasteiger partial charge in [-0.3, -0.25) is 111 Å². The lowest BCUT2D eigenvalue weighted by atomic mass is 10.0. The predicted octanol–water partition coefficient (Wildman–Crippen LogP) is -11.9. The van der Waals surface area contributed by atoms with Crippen LogP contribution >= 0.6 is 25.3 Å². The number of hydrogen-bond donors (Lipinski definition) is 31. The van der Waals surface area contributed by atoms with Gasteiger partial charge in [-0.1, -0.05) is 13.8 Å². The zero-order valence-electron chi connectivity index (χ0n) is 65.8. The van der Waals surface area contributed by atoms with Gasteiger partial charge in [-0.15, -0.1) is 0 Å². The molecule has 0 aliphatic rings. The van der Waals surface area contributed by atoms with Gasteiger partial charge in [-0.25, -0.2) is 4.79 Å². The fourth-order valence-corrected chi connectivity index (χ4v) is 11.0. The monoisotopic (exact) mass is 1770 g/mol. The number of rotatable bonds is 63. The first-order valence-electron chi connectivity index (χ1n) is 37.1. The third-order valence-electron chi connectivity index (χ3n) is 16.9. The van der Waals surface area contributed by atoms with E-state index < -0.39 is 360 Å². The Balaban J connectivity index is 7.17. The molecular formula is C67H108N20O32S2. The molecule has 0 bridgehead atoms. The highest BCUT2D eigenvalue weighted by Crippen LogP contribution is 2.14. The summed E-state index contributed by atoms with van der Waals surface area (Å²) < 4.78 is 0. The zero-order valence-corrected chi connectivity index (χ0v) is 67.6. The van der Waals surface area contributed by atoms with Crippen LogP contribution < -0.4 is 103 Å². The van der Waals surface area contributed by atoms with E-state index in [1.807, 2.05) is 5.32 Å². The van der Waals surface area contributed by atoms with Crippen LogP contribution in [0.5, 0.6) is 0 Å². The highest BCUT2D eigenvalue weighted by Gasteiger charge is 2.39. The second-order valence-corrected chi connectivity index (χ2v) is 28.2. The topological polar surface area (TPSA) is 883 Å². The van der Waals surface area contributed by atoms with Crippen LogP contribution in [0.15, 0.2) is 0 Å². The van der Waals surface area contributed by atoms with Gasteiger partial charge in [0.2, 0.25) is 94.5 Å². The van der Waals surface area contributed by atoms with Crippen LogP contribution in [0, 0.1) is 11.3 Å². The van der Waals surface area contributed by atoms with E-state index in [0.717, 1.165) is 6.92 Å². The van der Waals surface area contributed by atoms with Crippen molar-refractivity contribution in [1.29, 1.82) is 5.41 Å². The molecule has 0 radical (unpaired) electrons. The van der Waals surface area contributed by atoms with E-state index in [4.69, 9.17) is 33.5 Å². The summed E-state index contributed by atoms with van der Waals surface area (Å²) in [5.74, 6) is -33.3. The van der Waals surface area contributed by atoms with E-state index in [-0.39, 0.29) is 32.2 Å². The zero-order chi connectivity index (χ0) is 92.7. The highest BCUT2D eigenvalue weighted by atomic mass is 32.1. The maximum atomic E-state index is 14.4. The van der Waals surface area contributed by atoms with E-state index in [2.05, 4.69) is 99.7 Å². The quantitative estimate of drug-likeness (QED) is 0.0116. The number of aliphatic hydroxyl groups excluding tert-OH is 2. The number of carbonyl (C=O) groups is 23. The molecule has 0 aromatic carbocycles. The van der Waals surface area contributed by atoms with Gasteiger partial charge in [0.05, 0.1) is 25.3 Å². The largest absolute Gasteiger partial charge is 0.481 e. The van der Waals surface area contributed by atoms with Gasteiger partial charge in [-0.2, -0.15) is 25.3 Å². The molecule has 0 aromatic heterocycles. The minimum atomic E-state index is -2.09. The Labute approximate surface area is 699 Å². The number of carboxylic acids is 7. The fraction of sp³-hybridized carbons (Fsp3) is 0.642. The third kappa shape index (κ3) is 46.0. The van der Waals surface area contributed by atoms with Gasteiger partial charge in [0.1, 0.15) is 78.5 Å². The van der Waals surface area contributed by atoms with Crippen molar-refractivity contribution in [2.75, 3.05) is 31.2 Å². The number of carbonyl (C=O) groups excluding carboxylic acids is 16. The molecule has 16 amide bonds. The molecular weight excluding hydrogens is 1660 g/mol. The number of hydrogen-bond acceptors (Lipinski definition) is 29. The number of nitrogens with one attached hydrogen (secondary N) is 16. The van der Waals surface area contributed by atoms with Gasteiger partial charge in [0.15, 0.2) is 5.96 Å². The van der Waals surface area contributed by atoms with Gasteiger partial charge < -0.3 is 149 Å². The third-order valence-corrected chi connectivity index (χ3v) is 17.7. The Kier molecular flexibility index (Phi) is 51.1. The Morgan fingerprint density at radius 2 is 0.603 bits per heavy atom. The van der Waals surface area contributed by atoms with Gasteiger partial charge >= 0.3 is 41.8 Å². The van der Waals surface area contributed by atoms with Crippen LogP contribution in [0.1, 0.15) is 143 Å². The number of carboxylic acid groups (broad SMARTS) is 7. The van der Waals surface area contributed by atoms with Crippen LogP contribution in [0.3, 0.4) is 0 Å². The summed E-state index contributed by atoms with van der Waals surface area (Å²) in [4.78, 5) is 299. The standard InChI is InChI=1S/C67H108N20O32S2/c1-28(2)23-39(84-59(111)37(13-21-51(103)104)81-62(114)40(25-88)85-65(117)52(29(3)89)87-64(116)41(26-120)75-45(92)24-74-53(105)30(68)6-16-46(93)94)61(113)80-31(7-14-43(69)90)54(106)77-33(9-17-47(95)96)55(107)76-32(8-15-44(70)91)60(112)86-42(27-121)63(115)82-35(11-19-49(99)100)57(109)78-34(10-18-48(97)98)56(108)79-36(12-20-50(101)102)58(110)83-38(66(118)119)5-4-22-73-67(71)72/h28-42,52,88-89,120-121H,4-27,68H2,1-3H3,(H2,69,90)(H2,70,91)(H,74,105)(H,75,92)(H,76,107)(H,77,106)(H,78,109)(H,79,108)(H,80,113)(H,81,114)(H,82,115)(H,83,110)(H,84,111)(H,85,117)(H,86,112)(H,87,116)(H,93,94)(H,95,96)(H,97,98)(H,99,100)(H,101,102)(H,103,104)(H,118,119)(H4,71,72,73)/t29-,30+,31+,32+,33+,34+,35+,36+,37+,38+,39+,40+,41+,42+,52+/m1/s1. The number of thiol groups is 2. The molecule has 0 rings (SSSR count). The second kappa shape index (κ2) is 56.9. The average Bonchev–Trinajstić information content (AvgIpc) is 0.857. The van der Waals surface area contributed by atoms with E-state index in [9.17, 15) is 151 Å². The minimum Gasteiger partial charge on any atom is -0.481 e. The maximum absolute atomic E-state index is 14.4. The summed E-state index contributed by atoms with van der Waals surface area (Å²) in [5, 5.41) is 127. The SMILES string of the molecule is CC(C)C[C@H](NC(=O)[C@H](CCC(=O)O)NC(=O)[C@H](CO)NC(=O)[C@@H](NC(=O)[C@H](CS)NC(=O)CNC(=O)[C@@H](N)CCC(=O)O)[C@@H](C)O)C(=O)N[C@@H](CCC(N)=O)C(=O)N[C@@H](CCC(=O)O)C(=O)N[C@@H](CCC(N)=O)C(=O)N[C@@H](CS)C(=O)N[C@@H](CCC(=O)O)C(=O)N[C@@H](CCC(=O)O)C(=O)N[C@@H](CCC(=O)O)C(=O)N[C@@H](CCCNC(=N)N)C(=O)O. The van der Waals surface area contributed by atoms with Crippen molar-refractivity contribution in [2.45, 2.75) is 233 Å². The predicted molar refractivity (Wildman–Crippen MR) is 417 cm³/mol. The fourth-order valence-electron chi connectivity index (χ4n) is 10.5. The minimum absolute atomic E-state index is 0.000534. The summed E-state index contributed by atoms with van der Waals surface area (Å²) in [6.07, 6.45) is -14.8. The van der Waals surface area contributed by atoms with Gasteiger partial charge in [0.25, 0.3) is 0 Å². The van der Waals surface area contributed by atoms with Crippen LogP contribution in [0.25, 0.3) is 0 Å². The first kappa shape index (κ1) is 109. The summed E-state index contributed by atoms with van der Waals surface area (Å²) in [5.41, 5.74) is 21.6. The van der Waals surface area contributed by atoms with Gasteiger partial charge in [-0.05, 0) is 83.5 Å². The lowest BCUT2D eigenvalue weighted by Crippen LogP contribution is -2.62. The molecule has 0 unspecified atom stereocenters. The molecule has 121 heavy (non-hydrogen) atoms. The first-order valence-corrected chi connectivity index (χ1v) is 38.4. The molecule has 0 saturated heterocycles. The Morgan fingerprint density at radius 3 is 0.901 bits per heavy atom. The maximum Gasteiger partial charge on any atom is 0.326 e. The van der Waals surface area contributed by atoms with E-state index >= 15 is 0 Å². The molecule has 52 nitrogen and oxygen atoms in total. The Morgan fingerprint density at radius 1 is 0.331 bits per heavy atom. The first-order chi connectivity index (χ1) is 56.5. The molecule has 15 atom stereocenters. The number of amides is 16. The van der Waals surface area contributed by atoms with Crippen LogP contribution in [-0.4, -0.2) is 310 Å². The number of aliphatic carboxylic acids is 7. The molecule has 0 aliphatic heterocycles. The van der Waals surface area contributed by atoms with Crippen molar-refractivity contribution in [3.8, 4) is 0 Å². The average molecular weight is 1770 g/mol. The highest BCUT2D eigenvalue weighted by molar-refractivity contribution is 7.80. The lowest BCUT2D eigenvalue weighted by Gasteiger charge is -2.28. The van der Waals surface area contributed by atoms with Crippen LogP contribution in [0.4, 0.5) is 0 Å². The summed E-state index contributed by atoms with van der Waals surface area (Å²) in [7, 11) is 0. The summed E-state index contributed by atoms with van der Waals surface area (Å²) in [6.45, 7) is 1.93. The van der Waals surface area contributed by atoms with Crippen molar-refractivity contribution < 1.29 is 156 Å². The summed E-state index contributed by atoms with van der Waals surface area (Å²) in [6, 6.07) is -26.4. The summed E-state index contributed by atoms with van der Waals surface area (Å²) >= 11 is 8.08. The van der Waals surface area contributed by atoms with Crippen molar-refractivity contribution in [1.82, 2.24) is 79.8 Å². The second-order valence-electron chi connectivity index (χ2n) is 27.4. The van der Waals surface area contributed by atoms with Crippen LogP contribution in [0.2, 0.25) is 0 Å². The molecule has 33 N–H and O–H groups in total. The molecule has 0 heterocycles. The number of nitrogens with two attached hydrogens (primary N) is 4.